The lowest BCUT2D eigenvalue weighted by atomic mass is 10.2. The lowest BCUT2D eigenvalue weighted by Gasteiger charge is -2.23. The van der Waals surface area contributed by atoms with Crippen molar-refractivity contribution in [3.8, 4) is 5.75 Å². The molecule has 1 aliphatic heterocycles. The lowest BCUT2D eigenvalue weighted by molar-refractivity contribution is -0.908. The van der Waals surface area contributed by atoms with Crippen molar-refractivity contribution in [2.24, 2.45) is 5.10 Å². The summed E-state index contributed by atoms with van der Waals surface area (Å²) in [6, 6.07) is 17.9. The summed E-state index contributed by atoms with van der Waals surface area (Å²) in [5, 5.41) is 7.95. The highest BCUT2D eigenvalue weighted by molar-refractivity contribution is 7.80. The Kier molecular flexibility index (Phi) is 8.90. The molecule has 7 heteroatoms. The van der Waals surface area contributed by atoms with Crippen molar-refractivity contribution in [3.05, 3.63) is 65.7 Å². The minimum atomic E-state index is 0.537. The van der Waals surface area contributed by atoms with Gasteiger partial charge >= 0.3 is 0 Å². The van der Waals surface area contributed by atoms with Crippen LogP contribution in [0.2, 0.25) is 0 Å². The number of hydrogen-bond acceptors (Lipinski definition) is 4. The quantitative estimate of drug-likeness (QED) is 0.251. The molecule has 2 aromatic carbocycles. The molecular formula is C22H29N4O2S+. The van der Waals surface area contributed by atoms with E-state index in [0.29, 0.717) is 11.7 Å². The van der Waals surface area contributed by atoms with Crippen LogP contribution in [0.4, 0.5) is 0 Å². The standard InChI is InChI=1S/C22H28N4O2S/c29-22(23-10-5-11-26-12-14-27-15-13-26)25-24-17-20-8-4-9-21(16-20)28-18-19-6-2-1-3-7-19/h1-4,6-9,16-17H,5,10-15,18H2,(H2,23,25,29)/p+1/b24-17-. The second-order valence-corrected chi connectivity index (χ2v) is 7.35. The molecule has 0 radical (unpaired) electrons. The van der Waals surface area contributed by atoms with Gasteiger partial charge in [-0.05, 0) is 35.5 Å². The molecule has 1 saturated heterocycles. The number of nitrogens with one attached hydrogen (secondary N) is 3. The Hall–Kier alpha value is -2.48. The van der Waals surface area contributed by atoms with Crippen molar-refractivity contribution in [2.45, 2.75) is 13.0 Å². The smallest absolute Gasteiger partial charge is 0.186 e. The third kappa shape index (κ3) is 8.19. The Morgan fingerprint density at radius 3 is 2.79 bits per heavy atom. The summed E-state index contributed by atoms with van der Waals surface area (Å²) in [6.07, 6.45) is 2.81. The fourth-order valence-corrected chi connectivity index (χ4v) is 3.24. The van der Waals surface area contributed by atoms with Crippen molar-refractivity contribution in [2.75, 3.05) is 39.4 Å². The number of rotatable bonds is 9. The van der Waals surface area contributed by atoms with Gasteiger partial charge in [-0.2, -0.15) is 5.10 Å². The first-order chi connectivity index (χ1) is 14.3. The summed E-state index contributed by atoms with van der Waals surface area (Å²) in [5.74, 6) is 0.809. The molecular weight excluding hydrogens is 384 g/mol. The summed E-state index contributed by atoms with van der Waals surface area (Å²) >= 11 is 5.27. The first-order valence-electron chi connectivity index (χ1n) is 10.0. The van der Waals surface area contributed by atoms with E-state index in [0.717, 1.165) is 62.7 Å². The Bertz CT molecular complexity index is 779. The molecule has 1 heterocycles. The summed E-state index contributed by atoms with van der Waals surface area (Å²) in [4.78, 5) is 1.60. The third-order valence-electron chi connectivity index (χ3n) is 4.68. The summed E-state index contributed by atoms with van der Waals surface area (Å²) in [6.45, 7) is 6.46. The fourth-order valence-electron chi connectivity index (χ4n) is 3.08. The Balaban J connectivity index is 1.34. The van der Waals surface area contributed by atoms with Gasteiger partial charge in [-0.3, -0.25) is 5.43 Å². The lowest BCUT2D eigenvalue weighted by Crippen LogP contribution is -3.14. The summed E-state index contributed by atoms with van der Waals surface area (Å²) in [7, 11) is 0. The number of nitrogens with zero attached hydrogens (tertiary/aromatic N) is 1. The van der Waals surface area contributed by atoms with Crippen molar-refractivity contribution < 1.29 is 14.4 Å². The highest BCUT2D eigenvalue weighted by Crippen LogP contribution is 2.14. The summed E-state index contributed by atoms with van der Waals surface area (Å²) < 4.78 is 11.2. The second kappa shape index (κ2) is 12.2. The maximum atomic E-state index is 5.85. The van der Waals surface area contributed by atoms with E-state index in [2.05, 4.69) is 15.8 Å². The van der Waals surface area contributed by atoms with E-state index in [-0.39, 0.29) is 0 Å². The van der Waals surface area contributed by atoms with Crippen LogP contribution in [0.3, 0.4) is 0 Å². The van der Waals surface area contributed by atoms with Crippen LogP contribution in [-0.2, 0) is 11.3 Å². The van der Waals surface area contributed by atoms with Gasteiger partial charge in [0.2, 0.25) is 0 Å². The predicted octanol–water partition coefficient (Wildman–Crippen LogP) is 1.37. The molecule has 0 aromatic heterocycles. The van der Waals surface area contributed by atoms with E-state index in [1.54, 1.807) is 11.1 Å². The molecule has 1 aliphatic rings. The molecule has 0 unspecified atom stereocenters. The van der Waals surface area contributed by atoms with Crippen LogP contribution < -0.4 is 20.4 Å². The SMILES string of the molecule is S=C(NCCC[NH+]1CCOCC1)N/N=C\c1cccc(OCc2ccccc2)c1. The molecule has 0 atom stereocenters. The van der Waals surface area contributed by atoms with Crippen LogP contribution in [0.1, 0.15) is 17.5 Å². The van der Waals surface area contributed by atoms with Gasteiger partial charge in [0.15, 0.2) is 5.11 Å². The summed E-state index contributed by atoms with van der Waals surface area (Å²) in [5.41, 5.74) is 4.95. The number of thiocarbonyl (C=S) groups is 1. The highest BCUT2D eigenvalue weighted by Gasteiger charge is 2.12. The number of ether oxygens (including phenoxy) is 2. The molecule has 0 aliphatic carbocycles. The predicted molar refractivity (Wildman–Crippen MR) is 120 cm³/mol. The first-order valence-corrected chi connectivity index (χ1v) is 10.5. The minimum absolute atomic E-state index is 0.537. The molecule has 0 bridgehead atoms. The molecule has 2 aromatic rings. The monoisotopic (exact) mass is 413 g/mol. The number of benzene rings is 2. The molecule has 0 spiro atoms. The Morgan fingerprint density at radius 1 is 1.14 bits per heavy atom. The highest BCUT2D eigenvalue weighted by atomic mass is 32.1. The van der Waals surface area contributed by atoms with Gasteiger partial charge in [-0.25, -0.2) is 0 Å². The number of hydrogen-bond donors (Lipinski definition) is 3. The second-order valence-electron chi connectivity index (χ2n) is 6.94. The van der Waals surface area contributed by atoms with E-state index in [1.807, 2.05) is 54.6 Å². The Labute approximate surface area is 177 Å². The van der Waals surface area contributed by atoms with E-state index in [4.69, 9.17) is 21.7 Å². The zero-order valence-electron chi connectivity index (χ0n) is 16.6. The topological polar surface area (TPSA) is 59.3 Å². The van der Waals surface area contributed by atoms with E-state index in [1.165, 1.54) is 0 Å². The van der Waals surface area contributed by atoms with Gasteiger partial charge in [0.1, 0.15) is 25.4 Å². The van der Waals surface area contributed by atoms with Crippen LogP contribution >= 0.6 is 12.2 Å². The molecule has 154 valence electrons. The number of quaternary nitrogens is 1. The zero-order chi connectivity index (χ0) is 20.2. The Morgan fingerprint density at radius 2 is 1.97 bits per heavy atom. The van der Waals surface area contributed by atoms with Crippen molar-refractivity contribution in [1.82, 2.24) is 10.7 Å². The van der Waals surface area contributed by atoms with E-state index >= 15 is 0 Å². The van der Waals surface area contributed by atoms with Crippen LogP contribution in [0.15, 0.2) is 59.7 Å². The molecule has 0 amide bonds. The zero-order valence-corrected chi connectivity index (χ0v) is 17.4. The largest absolute Gasteiger partial charge is 0.489 e. The van der Waals surface area contributed by atoms with Gasteiger partial charge in [0.05, 0.1) is 26.0 Å². The molecule has 6 nitrogen and oxygen atoms in total. The minimum Gasteiger partial charge on any atom is -0.489 e. The first kappa shape index (κ1) is 21.2. The van der Waals surface area contributed by atoms with Gasteiger partial charge < -0.3 is 19.7 Å². The van der Waals surface area contributed by atoms with Crippen molar-refractivity contribution in [3.63, 3.8) is 0 Å². The molecule has 1 fully saturated rings. The van der Waals surface area contributed by atoms with Crippen molar-refractivity contribution >= 4 is 23.5 Å². The molecule has 3 rings (SSSR count). The van der Waals surface area contributed by atoms with E-state index < -0.39 is 0 Å². The van der Waals surface area contributed by atoms with Crippen LogP contribution in [0, 0.1) is 0 Å². The van der Waals surface area contributed by atoms with Gasteiger partial charge in [0, 0.05) is 13.0 Å². The van der Waals surface area contributed by atoms with Crippen LogP contribution in [-0.4, -0.2) is 50.7 Å². The third-order valence-corrected chi connectivity index (χ3v) is 4.91. The van der Waals surface area contributed by atoms with Crippen molar-refractivity contribution in [1.29, 1.82) is 0 Å². The van der Waals surface area contributed by atoms with Gasteiger partial charge in [0.25, 0.3) is 0 Å². The normalized spacial score (nSPS) is 14.6. The van der Waals surface area contributed by atoms with Gasteiger partial charge in [-0.1, -0.05) is 42.5 Å². The molecule has 3 N–H and O–H groups in total. The number of morpholine rings is 1. The maximum Gasteiger partial charge on any atom is 0.186 e. The van der Waals surface area contributed by atoms with E-state index in [9.17, 15) is 0 Å². The number of hydrazone groups is 1. The average Bonchev–Trinajstić information content (AvgIpc) is 2.77. The maximum absolute atomic E-state index is 5.85. The van der Waals surface area contributed by atoms with Crippen LogP contribution in [0.25, 0.3) is 0 Å². The molecule has 29 heavy (non-hydrogen) atoms. The van der Waals surface area contributed by atoms with Gasteiger partial charge in [-0.15, -0.1) is 0 Å². The fraction of sp³-hybridized carbons (Fsp3) is 0.364. The van der Waals surface area contributed by atoms with Crippen LogP contribution in [0.5, 0.6) is 5.75 Å². The average molecular weight is 414 g/mol. The molecule has 0 saturated carbocycles.